The number of rotatable bonds is 2. The Morgan fingerprint density at radius 3 is 2.19 bits per heavy atom. The Labute approximate surface area is 123 Å². The van der Waals surface area contributed by atoms with Crippen LogP contribution in [0.1, 0.15) is 0 Å². The van der Waals surface area contributed by atoms with Crippen LogP contribution >= 0.6 is 11.3 Å². The van der Waals surface area contributed by atoms with Gasteiger partial charge in [-0.15, -0.1) is 11.3 Å². The van der Waals surface area contributed by atoms with Crippen molar-refractivity contribution in [3.05, 3.63) is 66.6 Å². The van der Waals surface area contributed by atoms with E-state index in [0.29, 0.717) is 0 Å². The number of para-hydroxylation sites is 1. The van der Waals surface area contributed by atoms with Crippen LogP contribution in [-0.2, 0) is 0 Å². The van der Waals surface area contributed by atoms with Gasteiger partial charge in [-0.2, -0.15) is 4.57 Å². The Bertz CT molecular complexity index is 659. The molecule has 0 radical (unpaired) electrons. The van der Waals surface area contributed by atoms with Gasteiger partial charge in [0.1, 0.15) is 18.1 Å². The number of hydrogen-bond acceptors (Lipinski definition) is 1. The maximum absolute atomic E-state index is 9.75. The molecule has 1 aromatic carbocycles. The van der Waals surface area contributed by atoms with Crippen molar-refractivity contribution in [2.75, 3.05) is 0 Å². The molecule has 0 bridgehead atoms. The van der Waals surface area contributed by atoms with Gasteiger partial charge in [0, 0.05) is 0 Å². The van der Waals surface area contributed by atoms with Gasteiger partial charge in [0.2, 0.25) is 0 Å². The fourth-order valence-corrected chi connectivity index (χ4v) is 2.34. The predicted molar refractivity (Wildman–Crippen MR) is 75.4 cm³/mol. The lowest BCUT2D eigenvalue weighted by molar-refractivity contribution is -0.590. The molecular weight excluding hydrogens is 303 g/mol. The largest absolute Gasteiger partial charge is 0.673 e. The molecule has 110 valence electrons. The number of imidazole rings is 1. The number of thiophene rings is 1. The Kier molecular flexibility index (Phi) is 4.79. The molecule has 0 fully saturated rings. The molecular formula is C13H11BF4N2S. The molecule has 3 aromatic rings. The van der Waals surface area contributed by atoms with Crippen molar-refractivity contribution in [2.45, 2.75) is 0 Å². The third-order valence-corrected chi connectivity index (χ3v) is 3.33. The lowest BCUT2D eigenvalue weighted by atomic mass is 10.3. The number of benzene rings is 1. The summed E-state index contributed by atoms with van der Waals surface area (Å²) < 4.78 is 43.2. The van der Waals surface area contributed by atoms with Gasteiger partial charge < -0.3 is 17.3 Å². The molecule has 0 spiro atoms. The Balaban J connectivity index is 0.000000282. The average molecular weight is 314 g/mol. The predicted octanol–water partition coefficient (Wildman–Crippen LogP) is 4.12. The van der Waals surface area contributed by atoms with Gasteiger partial charge in [0.05, 0.1) is 0 Å². The van der Waals surface area contributed by atoms with Gasteiger partial charge in [-0.05, 0) is 29.6 Å². The molecule has 3 rings (SSSR count). The zero-order chi connectivity index (χ0) is 15.3. The number of halogens is 4. The van der Waals surface area contributed by atoms with Crippen molar-refractivity contribution in [2.24, 2.45) is 0 Å². The molecule has 2 heterocycles. The third kappa shape index (κ3) is 5.07. The molecule has 0 unspecified atom stereocenters. The van der Waals surface area contributed by atoms with Crippen LogP contribution in [0.5, 0.6) is 0 Å². The Hall–Kier alpha value is -2.09. The second-order valence-corrected chi connectivity index (χ2v) is 4.94. The molecule has 2 aromatic heterocycles. The van der Waals surface area contributed by atoms with Crippen LogP contribution < -0.4 is 4.57 Å². The molecule has 0 saturated carbocycles. The molecule has 0 saturated heterocycles. The van der Waals surface area contributed by atoms with Crippen molar-refractivity contribution >= 4 is 18.6 Å². The standard InChI is InChI=1S/C13H11N2S.BF4/c1-2-5-12(6-3-1)14-8-9-15(11-14)13-7-4-10-16-13;2-1(3,4)5/h1-11H;/q+1;-1. The summed E-state index contributed by atoms with van der Waals surface area (Å²) in [5.41, 5.74) is 1.18. The lowest BCUT2D eigenvalue weighted by Crippen LogP contribution is -2.25. The quantitative estimate of drug-likeness (QED) is 0.382. The zero-order valence-electron chi connectivity index (χ0n) is 10.7. The highest BCUT2D eigenvalue weighted by molar-refractivity contribution is 7.12. The van der Waals surface area contributed by atoms with Crippen molar-refractivity contribution in [3.63, 3.8) is 0 Å². The Morgan fingerprint density at radius 1 is 0.952 bits per heavy atom. The van der Waals surface area contributed by atoms with Crippen molar-refractivity contribution in [3.8, 4) is 10.7 Å². The van der Waals surface area contributed by atoms with E-state index in [0.717, 1.165) is 0 Å². The van der Waals surface area contributed by atoms with E-state index in [1.165, 1.54) is 10.7 Å². The van der Waals surface area contributed by atoms with E-state index in [9.17, 15) is 17.3 Å². The maximum Gasteiger partial charge on any atom is 0.673 e. The fraction of sp³-hybridized carbons (Fsp3) is 0. The summed E-state index contributed by atoms with van der Waals surface area (Å²) in [5.74, 6) is 0. The molecule has 21 heavy (non-hydrogen) atoms. The summed E-state index contributed by atoms with van der Waals surface area (Å²) in [5, 5.41) is 3.32. The van der Waals surface area contributed by atoms with Gasteiger partial charge in [0.15, 0.2) is 5.00 Å². The summed E-state index contributed by atoms with van der Waals surface area (Å²) in [7, 11) is -6.00. The second-order valence-electron chi connectivity index (χ2n) is 4.01. The summed E-state index contributed by atoms with van der Waals surface area (Å²) in [6.45, 7) is 0. The van der Waals surface area contributed by atoms with Crippen LogP contribution in [0.4, 0.5) is 17.3 Å². The summed E-state index contributed by atoms with van der Waals surface area (Å²) in [6.07, 6.45) is 6.22. The Morgan fingerprint density at radius 2 is 1.62 bits per heavy atom. The minimum absolute atomic E-state index is 1.18. The first-order valence-corrected chi connectivity index (χ1v) is 6.87. The van der Waals surface area contributed by atoms with Crippen LogP contribution in [0.25, 0.3) is 10.7 Å². The minimum Gasteiger partial charge on any atom is -0.418 e. The van der Waals surface area contributed by atoms with Crippen molar-refractivity contribution < 1.29 is 21.8 Å². The van der Waals surface area contributed by atoms with Crippen molar-refractivity contribution in [1.82, 2.24) is 4.57 Å². The van der Waals surface area contributed by atoms with Crippen molar-refractivity contribution in [1.29, 1.82) is 0 Å². The van der Waals surface area contributed by atoms with E-state index in [4.69, 9.17) is 0 Å². The second kappa shape index (κ2) is 6.58. The molecule has 0 aliphatic heterocycles. The molecule has 0 amide bonds. The first-order valence-electron chi connectivity index (χ1n) is 5.99. The van der Waals surface area contributed by atoms with E-state index >= 15 is 0 Å². The normalized spacial score (nSPS) is 10.9. The highest BCUT2D eigenvalue weighted by Gasteiger charge is 2.20. The van der Waals surface area contributed by atoms with E-state index in [2.05, 4.69) is 57.5 Å². The molecule has 2 nitrogen and oxygen atoms in total. The van der Waals surface area contributed by atoms with E-state index in [1.807, 2.05) is 18.2 Å². The topological polar surface area (TPSA) is 8.81 Å². The van der Waals surface area contributed by atoms with E-state index < -0.39 is 7.25 Å². The van der Waals surface area contributed by atoms with E-state index in [1.54, 1.807) is 11.3 Å². The monoisotopic (exact) mass is 314 g/mol. The molecule has 0 aliphatic carbocycles. The zero-order valence-corrected chi connectivity index (χ0v) is 11.6. The first kappa shape index (κ1) is 15.3. The van der Waals surface area contributed by atoms with Gasteiger partial charge in [-0.3, -0.25) is 0 Å². The third-order valence-electron chi connectivity index (χ3n) is 2.45. The highest BCUT2D eigenvalue weighted by atomic mass is 32.1. The van der Waals surface area contributed by atoms with Crippen LogP contribution in [0.2, 0.25) is 0 Å². The molecule has 0 atom stereocenters. The summed E-state index contributed by atoms with van der Waals surface area (Å²) in [4.78, 5) is 0. The van der Waals surface area contributed by atoms with Crippen LogP contribution in [-0.4, -0.2) is 11.8 Å². The number of hydrogen-bond donors (Lipinski definition) is 0. The molecule has 0 N–H and O–H groups in total. The van der Waals surface area contributed by atoms with Crippen LogP contribution in [0.3, 0.4) is 0 Å². The van der Waals surface area contributed by atoms with Crippen LogP contribution in [0, 0.1) is 0 Å². The van der Waals surface area contributed by atoms with Crippen LogP contribution in [0.15, 0.2) is 66.6 Å². The molecule has 8 heteroatoms. The maximum atomic E-state index is 9.75. The van der Waals surface area contributed by atoms with Gasteiger partial charge in [-0.1, -0.05) is 18.2 Å². The van der Waals surface area contributed by atoms with Gasteiger partial charge in [-0.25, -0.2) is 4.57 Å². The number of aromatic nitrogens is 2. The summed E-state index contributed by atoms with van der Waals surface area (Å²) >= 11 is 1.73. The van der Waals surface area contributed by atoms with E-state index in [-0.39, 0.29) is 0 Å². The van der Waals surface area contributed by atoms with Gasteiger partial charge in [0.25, 0.3) is 6.33 Å². The SMILES string of the molecule is F[B-](F)(F)F.c1ccc(-n2cc[n+](-c3cccs3)c2)cc1. The lowest BCUT2D eigenvalue weighted by Gasteiger charge is -1.94. The number of nitrogens with zero attached hydrogens (tertiary/aromatic N) is 2. The smallest absolute Gasteiger partial charge is 0.418 e. The van der Waals surface area contributed by atoms with Gasteiger partial charge >= 0.3 is 7.25 Å². The first-order chi connectivity index (χ1) is 9.93. The fourth-order valence-electron chi connectivity index (χ4n) is 1.65. The minimum atomic E-state index is -6.00. The average Bonchev–Trinajstić information content (AvgIpc) is 3.09. The molecule has 0 aliphatic rings. The highest BCUT2D eigenvalue weighted by Crippen LogP contribution is 2.10. The summed E-state index contributed by atoms with van der Waals surface area (Å²) in [6, 6.07) is 14.5.